The number of benzene rings is 1. The molecule has 3 aromatic rings. The van der Waals surface area contributed by atoms with Crippen LogP contribution in [-0.4, -0.2) is 15.9 Å². The van der Waals surface area contributed by atoms with E-state index < -0.39 is 17.6 Å². The maximum Gasteiger partial charge on any atom is 0.306 e. The van der Waals surface area contributed by atoms with Gasteiger partial charge in [0.2, 0.25) is 0 Å². The monoisotopic (exact) mass is 344 g/mol. The molecule has 0 N–H and O–H groups in total. The molecular weight excluding hydrogens is 330 g/mol. The molecule has 0 aliphatic carbocycles. The normalized spacial score (nSPS) is 10.6. The fourth-order valence-electron chi connectivity index (χ4n) is 2.19. The summed E-state index contributed by atoms with van der Waals surface area (Å²) in [7, 11) is 0. The van der Waals surface area contributed by atoms with E-state index in [0.29, 0.717) is 5.69 Å². The van der Waals surface area contributed by atoms with Crippen LogP contribution in [0.25, 0.3) is 11.3 Å². The highest BCUT2D eigenvalue weighted by molar-refractivity contribution is 5.69. The van der Waals surface area contributed by atoms with Crippen molar-refractivity contribution in [3.8, 4) is 11.3 Å². The Bertz CT molecular complexity index is 846. The number of oxazole rings is 1. The van der Waals surface area contributed by atoms with Crippen LogP contribution in [-0.2, 0) is 22.6 Å². The molecule has 5 nitrogen and oxygen atoms in total. The molecule has 0 amide bonds. The van der Waals surface area contributed by atoms with Gasteiger partial charge in [0.1, 0.15) is 18.2 Å². The molecular formula is C18H14F2N2O3. The van der Waals surface area contributed by atoms with E-state index in [4.69, 9.17) is 9.15 Å². The molecule has 2 aromatic heterocycles. The van der Waals surface area contributed by atoms with Gasteiger partial charge in [-0.2, -0.15) is 0 Å². The van der Waals surface area contributed by atoms with Crippen molar-refractivity contribution in [1.29, 1.82) is 0 Å². The maximum absolute atomic E-state index is 13.7. The van der Waals surface area contributed by atoms with E-state index in [1.54, 1.807) is 24.4 Å². The third kappa shape index (κ3) is 4.26. The van der Waals surface area contributed by atoms with Crippen LogP contribution in [0.1, 0.15) is 18.0 Å². The van der Waals surface area contributed by atoms with Crippen molar-refractivity contribution in [2.75, 3.05) is 0 Å². The first-order chi connectivity index (χ1) is 12.1. The highest BCUT2D eigenvalue weighted by atomic mass is 19.1. The van der Waals surface area contributed by atoms with Crippen LogP contribution in [0.2, 0.25) is 0 Å². The Morgan fingerprint density at radius 3 is 2.60 bits per heavy atom. The molecule has 128 valence electrons. The molecule has 0 aliphatic heterocycles. The zero-order valence-corrected chi connectivity index (χ0v) is 13.1. The topological polar surface area (TPSA) is 65.2 Å². The van der Waals surface area contributed by atoms with Gasteiger partial charge in [0.05, 0.1) is 23.9 Å². The molecule has 0 atom stereocenters. The molecule has 3 rings (SSSR count). The predicted molar refractivity (Wildman–Crippen MR) is 84.2 cm³/mol. The first-order valence-electron chi connectivity index (χ1n) is 7.58. The van der Waals surface area contributed by atoms with Gasteiger partial charge in [0.15, 0.2) is 11.7 Å². The minimum atomic E-state index is -0.738. The molecule has 25 heavy (non-hydrogen) atoms. The third-order valence-electron chi connectivity index (χ3n) is 3.41. The number of hydrogen-bond acceptors (Lipinski definition) is 5. The SMILES string of the molecule is O=C(CCc1ncc(-c2c(F)cccc2F)o1)OCc1ccccn1. The second kappa shape index (κ2) is 7.65. The Morgan fingerprint density at radius 1 is 1.08 bits per heavy atom. The largest absolute Gasteiger partial charge is 0.459 e. The van der Waals surface area contributed by atoms with Crippen LogP contribution in [0.15, 0.2) is 53.2 Å². The molecule has 0 radical (unpaired) electrons. The molecule has 0 saturated carbocycles. The van der Waals surface area contributed by atoms with Crippen LogP contribution in [0.5, 0.6) is 0 Å². The van der Waals surface area contributed by atoms with Crippen molar-refractivity contribution in [1.82, 2.24) is 9.97 Å². The standard InChI is InChI=1S/C18H14F2N2O3/c19-13-5-3-6-14(20)18(13)15-10-22-16(25-15)7-8-17(23)24-11-12-4-1-2-9-21-12/h1-6,9-10H,7-8,11H2. The van der Waals surface area contributed by atoms with Crippen LogP contribution in [0, 0.1) is 11.6 Å². The van der Waals surface area contributed by atoms with Crippen LogP contribution in [0.4, 0.5) is 8.78 Å². The number of hydrogen-bond donors (Lipinski definition) is 0. The summed E-state index contributed by atoms with van der Waals surface area (Å²) in [5.41, 5.74) is 0.364. The van der Waals surface area contributed by atoms with E-state index in [1.165, 1.54) is 12.3 Å². The first kappa shape index (κ1) is 16.8. The lowest BCUT2D eigenvalue weighted by Gasteiger charge is -2.03. The first-order valence-corrected chi connectivity index (χ1v) is 7.58. The van der Waals surface area contributed by atoms with Gasteiger partial charge in [0, 0.05) is 12.6 Å². The molecule has 2 heterocycles. The number of aromatic nitrogens is 2. The van der Waals surface area contributed by atoms with Gasteiger partial charge >= 0.3 is 5.97 Å². The van der Waals surface area contributed by atoms with E-state index in [9.17, 15) is 13.6 Å². The summed E-state index contributed by atoms with van der Waals surface area (Å²) in [6, 6.07) is 8.85. The summed E-state index contributed by atoms with van der Waals surface area (Å²) in [6.07, 6.45) is 3.04. The number of ether oxygens (including phenoxy) is 1. The Hall–Kier alpha value is -3.09. The van der Waals surface area contributed by atoms with Gasteiger partial charge in [0.25, 0.3) is 0 Å². The number of esters is 1. The second-order valence-electron chi connectivity index (χ2n) is 5.20. The smallest absolute Gasteiger partial charge is 0.306 e. The molecule has 0 bridgehead atoms. The zero-order chi connectivity index (χ0) is 17.6. The number of carbonyl (C=O) groups excluding carboxylic acids is 1. The van der Waals surface area contributed by atoms with Gasteiger partial charge in [-0.15, -0.1) is 0 Å². The van der Waals surface area contributed by atoms with Crippen molar-refractivity contribution in [2.24, 2.45) is 0 Å². The Kier molecular flexibility index (Phi) is 5.13. The molecule has 0 saturated heterocycles. The van der Waals surface area contributed by atoms with Crippen LogP contribution in [0.3, 0.4) is 0 Å². The van der Waals surface area contributed by atoms with E-state index in [1.807, 2.05) is 0 Å². The quantitative estimate of drug-likeness (QED) is 0.638. The summed E-state index contributed by atoms with van der Waals surface area (Å²) in [5.74, 6) is -1.74. The van der Waals surface area contributed by atoms with Crippen molar-refractivity contribution in [3.05, 3.63) is 72.0 Å². The van der Waals surface area contributed by atoms with Gasteiger partial charge in [-0.3, -0.25) is 9.78 Å². The molecule has 0 unspecified atom stereocenters. The Morgan fingerprint density at radius 2 is 1.88 bits per heavy atom. The van der Waals surface area contributed by atoms with Crippen molar-refractivity contribution in [3.63, 3.8) is 0 Å². The number of rotatable bonds is 6. The third-order valence-corrected chi connectivity index (χ3v) is 3.41. The lowest BCUT2D eigenvalue weighted by atomic mass is 10.1. The van der Waals surface area contributed by atoms with Crippen molar-refractivity contribution >= 4 is 5.97 Å². The molecule has 0 fully saturated rings. The number of carbonyl (C=O) groups is 1. The van der Waals surface area contributed by atoms with E-state index >= 15 is 0 Å². The summed E-state index contributed by atoms with van der Waals surface area (Å²) in [6.45, 7) is 0.0803. The van der Waals surface area contributed by atoms with E-state index in [2.05, 4.69) is 9.97 Å². The highest BCUT2D eigenvalue weighted by Gasteiger charge is 2.16. The van der Waals surface area contributed by atoms with Crippen molar-refractivity contribution < 1.29 is 22.7 Å². The van der Waals surface area contributed by atoms with Gasteiger partial charge in [-0.1, -0.05) is 12.1 Å². The average molecular weight is 344 g/mol. The lowest BCUT2D eigenvalue weighted by Crippen LogP contribution is -2.06. The zero-order valence-electron chi connectivity index (χ0n) is 13.1. The Balaban J connectivity index is 1.56. The number of halogens is 2. The summed E-state index contributed by atoms with van der Waals surface area (Å²) >= 11 is 0. The second-order valence-corrected chi connectivity index (χ2v) is 5.20. The minimum Gasteiger partial charge on any atom is -0.459 e. The number of pyridine rings is 1. The highest BCUT2D eigenvalue weighted by Crippen LogP contribution is 2.26. The fourth-order valence-corrected chi connectivity index (χ4v) is 2.19. The molecule has 7 heteroatoms. The van der Waals surface area contributed by atoms with Gasteiger partial charge in [-0.05, 0) is 24.3 Å². The minimum absolute atomic E-state index is 0.0209. The van der Waals surface area contributed by atoms with Crippen LogP contribution >= 0.6 is 0 Å². The summed E-state index contributed by atoms with van der Waals surface area (Å²) < 4.78 is 37.8. The number of aryl methyl sites for hydroxylation is 1. The predicted octanol–water partition coefficient (Wildman–Crippen LogP) is 3.69. The molecule has 0 aliphatic rings. The fraction of sp³-hybridized carbons (Fsp3) is 0.167. The Labute approximate surface area is 142 Å². The summed E-state index contributed by atoms with van der Waals surface area (Å²) in [4.78, 5) is 19.7. The van der Waals surface area contributed by atoms with Crippen LogP contribution < -0.4 is 0 Å². The average Bonchev–Trinajstić information content (AvgIpc) is 3.07. The van der Waals surface area contributed by atoms with Gasteiger partial charge < -0.3 is 9.15 Å². The molecule has 1 aromatic carbocycles. The van der Waals surface area contributed by atoms with Gasteiger partial charge in [-0.25, -0.2) is 13.8 Å². The maximum atomic E-state index is 13.7. The molecule has 0 spiro atoms. The number of nitrogens with zero attached hydrogens (tertiary/aromatic N) is 2. The lowest BCUT2D eigenvalue weighted by molar-refractivity contribution is -0.145. The summed E-state index contributed by atoms with van der Waals surface area (Å²) in [5, 5.41) is 0. The van der Waals surface area contributed by atoms with E-state index in [-0.39, 0.29) is 36.7 Å². The van der Waals surface area contributed by atoms with Crippen molar-refractivity contribution in [2.45, 2.75) is 19.4 Å². The van der Waals surface area contributed by atoms with E-state index in [0.717, 1.165) is 12.1 Å².